The van der Waals surface area contributed by atoms with E-state index in [2.05, 4.69) is 22.8 Å². The van der Waals surface area contributed by atoms with Crippen LogP contribution < -0.4 is 20.2 Å². The van der Waals surface area contributed by atoms with Crippen LogP contribution in [-0.4, -0.2) is 30.6 Å². The third-order valence-electron chi connectivity index (χ3n) is 2.53. The molecule has 0 saturated heterocycles. The van der Waals surface area contributed by atoms with Crippen LogP contribution >= 0.6 is 12.2 Å². The van der Waals surface area contributed by atoms with Gasteiger partial charge in [-0.15, -0.1) is 0 Å². The van der Waals surface area contributed by atoms with Crippen molar-refractivity contribution < 1.29 is 9.47 Å². The van der Waals surface area contributed by atoms with Crippen molar-refractivity contribution in [3.8, 4) is 11.5 Å². The molecule has 0 spiro atoms. The topological polar surface area (TPSA) is 54.9 Å². The van der Waals surface area contributed by atoms with Gasteiger partial charge in [0, 0.05) is 6.04 Å². The van der Waals surface area contributed by atoms with Crippen LogP contribution in [0.2, 0.25) is 0 Å². The predicted molar refractivity (Wildman–Crippen MR) is 95.0 cm³/mol. The molecular formula is C16H25N3O2S. The largest absolute Gasteiger partial charge is 0.490 e. The zero-order valence-electron chi connectivity index (χ0n) is 13.7. The van der Waals surface area contributed by atoms with Crippen LogP contribution in [0.5, 0.6) is 11.5 Å². The van der Waals surface area contributed by atoms with Crippen molar-refractivity contribution in [2.45, 2.75) is 40.2 Å². The average Bonchev–Trinajstić information content (AvgIpc) is 2.46. The minimum Gasteiger partial charge on any atom is -0.490 e. The summed E-state index contributed by atoms with van der Waals surface area (Å²) < 4.78 is 11.3. The maximum atomic E-state index is 5.66. The van der Waals surface area contributed by atoms with Crippen molar-refractivity contribution in [2.24, 2.45) is 5.10 Å². The van der Waals surface area contributed by atoms with Crippen molar-refractivity contribution >= 4 is 23.5 Å². The molecule has 0 aromatic heterocycles. The fraction of sp³-hybridized carbons (Fsp3) is 0.500. The molecule has 122 valence electrons. The van der Waals surface area contributed by atoms with Gasteiger partial charge in [0.2, 0.25) is 0 Å². The Morgan fingerprint density at radius 2 is 2.05 bits per heavy atom. The maximum absolute atomic E-state index is 5.66. The minimum atomic E-state index is 0.273. The molecule has 0 aliphatic rings. The third kappa shape index (κ3) is 6.76. The highest BCUT2D eigenvalue weighted by Gasteiger charge is 2.05. The standard InChI is InChI=1S/C16H25N3O2S/c1-5-9-21-14-8-7-13(10-15(14)20-6-2)11-17-19-16(22)18-12(3)4/h7-8,10-12H,5-6,9H2,1-4H3,(H2,18,19,22)/b17-11-. The minimum absolute atomic E-state index is 0.273. The summed E-state index contributed by atoms with van der Waals surface area (Å²) in [6, 6.07) is 6.00. The molecule has 0 atom stereocenters. The Bertz CT molecular complexity index is 504. The van der Waals surface area contributed by atoms with Gasteiger partial charge in [-0.2, -0.15) is 5.10 Å². The van der Waals surface area contributed by atoms with E-state index in [9.17, 15) is 0 Å². The second kappa shape index (κ2) is 10.00. The molecule has 1 aromatic rings. The van der Waals surface area contributed by atoms with Crippen molar-refractivity contribution in [2.75, 3.05) is 13.2 Å². The molecule has 0 amide bonds. The number of thiocarbonyl (C=S) groups is 1. The first-order chi connectivity index (χ1) is 10.6. The molecule has 6 heteroatoms. The van der Waals surface area contributed by atoms with E-state index in [0.29, 0.717) is 18.3 Å². The lowest BCUT2D eigenvalue weighted by Gasteiger charge is -2.12. The second-order valence-electron chi connectivity index (χ2n) is 4.99. The van der Waals surface area contributed by atoms with E-state index in [0.717, 1.165) is 23.5 Å². The zero-order valence-corrected chi connectivity index (χ0v) is 14.5. The Morgan fingerprint density at radius 1 is 1.27 bits per heavy atom. The van der Waals surface area contributed by atoms with Crippen LogP contribution in [0.15, 0.2) is 23.3 Å². The molecule has 22 heavy (non-hydrogen) atoms. The smallest absolute Gasteiger partial charge is 0.187 e. The van der Waals surface area contributed by atoms with Gasteiger partial charge < -0.3 is 14.8 Å². The highest BCUT2D eigenvalue weighted by molar-refractivity contribution is 7.80. The second-order valence-corrected chi connectivity index (χ2v) is 5.39. The summed E-state index contributed by atoms with van der Waals surface area (Å²) in [5.74, 6) is 1.48. The summed E-state index contributed by atoms with van der Waals surface area (Å²) in [5, 5.41) is 7.67. The van der Waals surface area contributed by atoms with Crippen LogP contribution in [0.25, 0.3) is 0 Å². The SMILES string of the molecule is CCCOc1ccc(/C=N\NC(=S)NC(C)C)cc1OCC. The Morgan fingerprint density at radius 3 is 2.68 bits per heavy atom. The molecule has 0 aliphatic carbocycles. The quantitative estimate of drug-likeness (QED) is 0.437. The molecule has 0 bridgehead atoms. The van der Waals surface area contributed by atoms with E-state index >= 15 is 0 Å². The van der Waals surface area contributed by atoms with Gasteiger partial charge in [0.25, 0.3) is 0 Å². The molecule has 1 aromatic carbocycles. The van der Waals surface area contributed by atoms with E-state index in [1.807, 2.05) is 39.0 Å². The fourth-order valence-electron chi connectivity index (χ4n) is 1.66. The normalized spacial score (nSPS) is 10.8. The summed E-state index contributed by atoms with van der Waals surface area (Å²) >= 11 is 5.10. The summed E-state index contributed by atoms with van der Waals surface area (Å²) in [4.78, 5) is 0. The van der Waals surface area contributed by atoms with E-state index in [4.69, 9.17) is 21.7 Å². The van der Waals surface area contributed by atoms with Gasteiger partial charge in [-0.3, -0.25) is 5.43 Å². The van der Waals surface area contributed by atoms with Gasteiger partial charge in [0.05, 0.1) is 19.4 Å². The molecule has 5 nitrogen and oxygen atoms in total. The summed E-state index contributed by atoms with van der Waals surface area (Å²) in [6.45, 7) is 9.30. The number of nitrogens with one attached hydrogen (secondary N) is 2. The lowest BCUT2D eigenvalue weighted by molar-refractivity contribution is 0.277. The highest BCUT2D eigenvalue weighted by atomic mass is 32.1. The van der Waals surface area contributed by atoms with Crippen molar-refractivity contribution in [1.82, 2.24) is 10.7 Å². The van der Waals surface area contributed by atoms with Crippen molar-refractivity contribution in [3.63, 3.8) is 0 Å². The summed E-state index contributed by atoms with van der Waals surface area (Å²) in [7, 11) is 0. The number of hydrogen-bond acceptors (Lipinski definition) is 4. The van der Waals surface area contributed by atoms with Crippen LogP contribution in [0.4, 0.5) is 0 Å². The number of rotatable bonds is 8. The van der Waals surface area contributed by atoms with E-state index in [-0.39, 0.29) is 6.04 Å². The monoisotopic (exact) mass is 323 g/mol. The first-order valence-electron chi connectivity index (χ1n) is 7.56. The molecule has 0 unspecified atom stereocenters. The zero-order chi connectivity index (χ0) is 16.4. The first-order valence-corrected chi connectivity index (χ1v) is 7.96. The fourth-order valence-corrected chi connectivity index (χ4v) is 1.95. The van der Waals surface area contributed by atoms with E-state index in [1.165, 1.54) is 0 Å². The van der Waals surface area contributed by atoms with E-state index in [1.54, 1.807) is 6.21 Å². The molecule has 0 radical (unpaired) electrons. The van der Waals surface area contributed by atoms with Crippen LogP contribution in [0, 0.1) is 0 Å². The van der Waals surface area contributed by atoms with Crippen LogP contribution in [-0.2, 0) is 0 Å². The predicted octanol–water partition coefficient (Wildman–Crippen LogP) is 3.08. The molecule has 0 heterocycles. The Labute approximate surface area is 138 Å². The molecule has 2 N–H and O–H groups in total. The van der Waals surface area contributed by atoms with Crippen LogP contribution in [0.3, 0.4) is 0 Å². The summed E-state index contributed by atoms with van der Waals surface area (Å²) in [5.41, 5.74) is 3.69. The average molecular weight is 323 g/mol. The Hall–Kier alpha value is -1.82. The van der Waals surface area contributed by atoms with E-state index < -0.39 is 0 Å². The van der Waals surface area contributed by atoms with Crippen molar-refractivity contribution in [1.29, 1.82) is 0 Å². The van der Waals surface area contributed by atoms with Gasteiger partial charge in [0.15, 0.2) is 16.6 Å². The third-order valence-corrected chi connectivity index (χ3v) is 2.74. The molecule has 0 fully saturated rings. The molecular weight excluding hydrogens is 298 g/mol. The Balaban J connectivity index is 2.70. The van der Waals surface area contributed by atoms with Gasteiger partial charge in [-0.05, 0) is 63.2 Å². The van der Waals surface area contributed by atoms with Gasteiger partial charge >= 0.3 is 0 Å². The summed E-state index contributed by atoms with van der Waals surface area (Å²) in [6.07, 6.45) is 2.65. The number of hydrogen-bond donors (Lipinski definition) is 2. The number of ether oxygens (including phenoxy) is 2. The Kier molecular flexibility index (Phi) is 8.28. The van der Waals surface area contributed by atoms with Gasteiger partial charge in [-0.1, -0.05) is 6.92 Å². The van der Waals surface area contributed by atoms with Gasteiger partial charge in [0.1, 0.15) is 0 Å². The number of benzene rings is 1. The lowest BCUT2D eigenvalue weighted by atomic mass is 10.2. The molecule has 0 saturated carbocycles. The number of hydrazone groups is 1. The molecule has 1 rings (SSSR count). The first kappa shape index (κ1) is 18.2. The van der Waals surface area contributed by atoms with Crippen LogP contribution in [0.1, 0.15) is 39.7 Å². The van der Waals surface area contributed by atoms with Gasteiger partial charge in [-0.25, -0.2) is 0 Å². The highest BCUT2D eigenvalue weighted by Crippen LogP contribution is 2.28. The maximum Gasteiger partial charge on any atom is 0.187 e. The molecule has 0 aliphatic heterocycles. The number of nitrogens with zero attached hydrogens (tertiary/aromatic N) is 1. The van der Waals surface area contributed by atoms with Crippen molar-refractivity contribution in [3.05, 3.63) is 23.8 Å². The lowest BCUT2D eigenvalue weighted by Crippen LogP contribution is -2.36.